The van der Waals surface area contributed by atoms with Crippen molar-refractivity contribution < 1.29 is 5.11 Å². The fourth-order valence-electron chi connectivity index (χ4n) is 1.96. The van der Waals surface area contributed by atoms with Gasteiger partial charge in [-0.2, -0.15) is 0 Å². The minimum absolute atomic E-state index is 0.216. The average molecular weight is 218 g/mol. The Hall–Kier alpha value is -1.08. The fraction of sp³-hybridized carbons (Fsp3) is 0.467. The lowest BCUT2D eigenvalue weighted by Gasteiger charge is -2.16. The van der Waals surface area contributed by atoms with Crippen LogP contribution in [0.3, 0.4) is 0 Å². The highest BCUT2D eigenvalue weighted by Crippen LogP contribution is 2.24. The molecule has 16 heavy (non-hydrogen) atoms. The number of rotatable bonds is 4. The third kappa shape index (κ3) is 3.49. The van der Waals surface area contributed by atoms with Gasteiger partial charge in [0.05, 0.1) is 6.61 Å². The molecule has 0 spiro atoms. The van der Waals surface area contributed by atoms with Gasteiger partial charge in [0.1, 0.15) is 0 Å². The van der Waals surface area contributed by atoms with Gasteiger partial charge in [0.25, 0.3) is 0 Å². The summed E-state index contributed by atoms with van der Waals surface area (Å²) in [4.78, 5) is 0. The van der Waals surface area contributed by atoms with E-state index in [1.54, 1.807) is 0 Å². The fourth-order valence-corrected chi connectivity index (χ4v) is 1.96. The third-order valence-corrected chi connectivity index (χ3v) is 2.90. The first kappa shape index (κ1) is 13.0. The van der Waals surface area contributed by atoms with Crippen LogP contribution in [-0.4, -0.2) is 11.7 Å². The highest BCUT2D eigenvalue weighted by molar-refractivity contribution is 5.33. The van der Waals surface area contributed by atoms with Crippen LogP contribution in [0.5, 0.6) is 0 Å². The van der Waals surface area contributed by atoms with Crippen LogP contribution in [0.2, 0.25) is 0 Å². The summed E-state index contributed by atoms with van der Waals surface area (Å²) in [6.07, 6.45) is 3.11. The molecule has 1 rings (SSSR count). The molecule has 88 valence electrons. The van der Waals surface area contributed by atoms with Crippen molar-refractivity contribution in [2.45, 2.75) is 40.0 Å². The van der Waals surface area contributed by atoms with Crippen molar-refractivity contribution in [3.05, 3.63) is 46.5 Å². The molecule has 0 amide bonds. The topological polar surface area (TPSA) is 20.2 Å². The van der Waals surface area contributed by atoms with Crippen LogP contribution in [0.1, 0.15) is 42.9 Å². The molecule has 1 N–H and O–H groups in total. The number of benzene rings is 1. The van der Waals surface area contributed by atoms with Gasteiger partial charge >= 0.3 is 0 Å². The van der Waals surface area contributed by atoms with Crippen LogP contribution in [0, 0.1) is 13.8 Å². The Morgan fingerprint density at radius 2 is 2.00 bits per heavy atom. The molecule has 0 aliphatic heterocycles. The van der Waals surface area contributed by atoms with E-state index in [-0.39, 0.29) is 12.5 Å². The SMILES string of the molecule is CC(C)=CCC(CO)c1ccc(C)cc1C. The highest BCUT2D eigenvalue weighted by atomic mass is 16.3. The summed E-state index contributed by atoms with van der Waals surface area (Å²) < 4.78 is 0. The predicted octanol–water partition coefficient (Wildman–Crippen LogP) is 3.74. The average Bonchev–Trinajstić information content (AvgIpc) is 2.21. The van der Waals surface area contributed by atoms with E-state index in [9.17, 15) is 5.11 Å². The predicted molar refractivity (Wildman–Crippen MR) is 69.8 cm³/mol. The minimum atomic E-state index is 0.216. The molecule has 1 nitrogen and oxygen atoms in total. The van der Waals surface area contributed by atoms with Crippen molar-refractivity contribution >= 4 is 0 Å². The summed E-state index contributed by atoms with van der Waals surface area (Å²) in [5, 5.41) is 9.46. The van der Waals surface area contributed by atoms with Crippen molar-refractivity contribution in [1.82, 2.24) is 0 Å². The van der Waals surface area contributed by atoms with E-state index in [0.29, 0.717) is 0 Å². The Morgan fingerprint density at radius 1 is 1.31 bits per heavy atom. The van der Waals surface area contributed by atoms with Crippen LogP contribution in [0.4, 0.5) is 0 Å². The van der Waals surface area contributed by atoms with E-state index >= 15 is 0 Å². The Kier molecular flexibility index (Phi) is 4.75. The molecule has 0 bridgehead atoms. The second-order valence-electron chi connectivity index (χ2n) is 4.76. The number of allylic oxidation sites excluding steroid dienone is 2. The Labute approximate surface area is 98.8 Å². The summed E-state index contributed by atoms with van der Waals surface area (Å²) in [6, 6.07) is 6.44. The normalized spacial score (nSPS) is 12.3. The van der Waals surface area contributed by atoms with Gasteiger partial charge in [0, 0.05) is 5.92 Å². The Balaban J connectivity index is 2.91. The highest BCUT2D eigenvalue weighted by Gasteiger charge is 2.11. The van der Waals surface area contributed by atoms with Crippen LogP contribution < -0.4 is 0 Å². The van der Waals surface area contributed by atoms with Gasteiger partial charge in [-0.3, -0.25) is 0 Å². The molecule has 1 aromatic carbocycles. The monoisotopic (exact) mass is 218 g/mol. The lowest BCUT2D eigenvalue weighted by atomic mass is 9.91. The van der Waals surface area contributed by atoms with Crippen molar-refractivity contribution in [3.63, 3.8) is 0 Å². The molecular formula is C15H22O. The molecule has 1 unspecified atom stereocenters. The Bertz CT molecular complexity index is 373. The molecule has 0 saturated carbocycles. The summed E-state index contributed by atoms with van der Waals surface area (Å²) in [7, 11) is 0. The Morgan fingerprint density at radius 3 is 2.50 bits per heavy atom. The van der Waals surface area contributed by atoms with E-state index < -0.39 is 0 Å². The maximum Gasteiger partial charge on any atom is 0.0502 e. The van der Waals surface area contributed by atoms with Crippen LogP contribution >= 0.6 is 0 Å². The minimum Gasteiger partial charge on any atom is -0.396 e. The van der Waals surface area contributed by atoms with Gasteiger partial charge in [-0.05, 0) is 45.2 Å². The molecule has 0 saturated heterocycles. The zero-order chi connectivity index (χ0) is 12.1. The van der Waals surface area contributed by atoms with E-state index in [2.05, 4.69) is 52.0 Å². The third-order valence-electron chi connectivity index (χ3n) is 2.90. The number of hydrogen-bond acceptors (Lipinski definition) is 1. The van der Waals surface area contributed by atoms with Crippen molar-refractivity contribution in [2.24, 2.45) is 0 Å². The molecule has 0 aliphatic rings. The largest absolute Gasteiger partial charge is 0.396 e. The quantitative estimate of drug-likeness (QED) is 0.763. The molecule has 0 heterocycles. The second kappa shape index (κ2) is 5.86. The van der Waals surface area contributed by atoms with Gasteiger partial charge in [0.15, 0.2) is 0 Å². The van der Waals surface area contributed by atoms with Crippen molar-refractivity contribution in [1.29, 1.82) is 0 Å². The molecule has 0 aromatic heterocycles. The first-order valence-corrected chi connectivity index (χ1v) is 5.86. The summed E-state index contributed by atoms with van der Waals surface area (Å²) in [5.74, 6) is 0.232. The van der Waals surface area contributed by atoms with E-state index in [0.717, 1.165) is 6.42 Å². The summed E-state index contributed by atoms with van der Waals surface area (Å²) in [5.41, 5.74) is 5.13. The summed E-state index contributed by atoms with van der Waals surface area (Å²) in [6.45, 7) is 8.62. The first-order valence-electron chi connectivity index (χ1n) is 5.86. The standard InChI is InChI=1S/C15H22O/c1-11(2)5-7-14(10-16)15-8-6-12(3)9-13(15)4/h5-6,8-9,14,16H,7,10H2,1-4H3. The second-order valence-corrected chi connectivity index (χ2v) is 4.76. The van der Waals surface area contributed by atoms with Crippen LogP contribution in [-0.2, 0) is 0 Å². The smallest absolute Gasteiger partial charge is 0.0502 e. The summed E-state index contributed by atoms with van der Waals surface area (Å²) >= 11 is 0. The van der Waals surface area contributed by atoms with E-state index in [1.165, 1.54) is 22.3 Å². The van der Waals surface area contributed by atoms with Crippen molar-refractivity contribution in [2.75, 3.05) is 6.61 Å². The van der Waals surface area contributed by atoms with Gasteiger partial charge in [-0.25, -0.2) is 0 Å². The molecule has 0 radical (unpaired) electrons. The van der Waals surface area contributed by atoms with Crippen LogP contribution in [0.25, 0.3) is 0 Å². The van der Waals surface area contributed by atoms with Gasteiger partial charge in [-0.15, -0.1) is 0 Å². The van der Waals surface area contributed by atoms with Gasteiger partial charge < -0.3 is 5.11 Å². The maximum atomic E-state index is 9.46. The lowest BCUT2D eigenvalue weighted by molar-refractivity contribution is 0.265. The molecule has 1 heteroatoms. The van der Waals surface area contributed by atoms with Gasteiger partial charge in [0.2, 0.25) is 0 Å². The number of hydrogen-bond donors (Lipinski definition) is 1. The molecule has 0 aliphatic carbocycles. The van der Waals surface area contributed by atoms with E-state index in [4.69, 9.17) is 0 Å². The lowest BCUT2D eigenvalue weighted by Crippen LogP contribution is -2.05. The maximum absolute atomic E-state index is 9.46. The molecule has 0 fully saturated rings. The van der Waals surface area contributed by atoms with Crippen LogP contribution in [0.15, 0.2) is 29.8 Å². The molecule has 1 atom stereocenters. The first-order chi connectivity index (χ1) is 7.54. The van der Waals surface area contributed by atoms with E-state index in [1.807, 2.05) is 0 Å². The zero-order valence-corrected chi connectivity index (χ0v) is 10.7. The number of aliphatic hydroxyl groups excluding tert-OH is 1. The molecule has 1 aromatic rings. The van der Waals surface area contributed by atoms with Crippen molar-refractivity contribution in [3.8, 4) is 0 Å². The zero-order valence-electron chi connectivity index (χ0n) is 10.7. The van der Waals surface area contributed by atoms with Gasteiger partial charge in [-0.1, -0.05) is 35.4 Å². The molecular weight excluding hydrogens is 196 g/mol. The number of aliphatic hydroxyl groups is 1. The number of aryl methyl sites for hydroxylation is 2.